The van der Waals surface area contributed by atoms with Crippen molar-refractivity contribution in [2.24, 2.45) is 18.9 Å². The molecule has 2 N–H and O–H groups in total. The summed E-state index contributed by atoms with van der Waals surface area (Å²) in [5.41, 5.74) is 1.71. The van der Waals surface area contributed by atoms with Crippen molar-refractivity contribution in [2.45, 2.75) is 91.5 Å². The van der Waals surface area contributed by atoms with E-state index < -0.39 is 48.0 Å². The van der Waals surface area contributed by atoms with Gasteiger partial charge >= 0.3 is 12.1 Å². The number of alkyl carbamates (subject to hydrolysis) is 1. The summed E-state index contributed by atoms with van der Waals surface area (Å²) in [6.07, 6.45) is 0.909. The molecule has 10 heteroatoms. The zero-order valence-corrected chi connectivity index (χ0v) is 27.9. The number of aromatic nitrogens is 1. The van der Waals surface area contributed by atoms with Gasteiger partial charge in [0.05, 0.1) is 12.5 Å². The predicted molar refractivity (Wildman–Crippen MR) is 176 cm³/mol. The second kappa shape index (κ2) is 16.2. The lowest BCUT2D eigenvalue weighted by Crippen LogP contribution is -2.53. The fourth-order valence-corrected chi connectivity index (χ4v) is 5.33. The van der Waals surface area contributed by atoms with Crippen LogP contribution < -0.4 is 10.6 Å². The third kappa shape index (κ3) is 10.6. The zero-order chi connectivity index (χ0) is 34.0. The molecule has 248 valence electrons. The van der Waals surface area contributed by atoms with Gasteiger partial charge in [-0.05, 0) is 43.9 Å². The van der Waals surface area contributed by atoms with Crippen LogP contribution >= 0.6 is 0 Å². The predicted octanol–water partition coefficient (Wildman–Crippen LogP) is 5.44. The Morgan fingerprint density at radius 2 is 1.50 bits per heavy atom. The molecule has 1 aromatic heterocycles. The Bertz CT molecular complexity index is 1520. The second-order valence-electron chi connectivity index (χ2n) is 12.9. The van der Waals surface area contributed by atoms with E-state index in [1.807, 2.05) is 62.0 Å². The summed E-state index contributed by atoms with van der Waals surface area (Å²) in [7, 11) is 1.90. The molecule has 0 aliphatic carbocycles. The van der Waals surface area contributed by atoms with Crippen LogP contribution in [0.15, 0.2) is 60.8 Å². The van der Waals surface area contributed by atoms with Gasteiger partial charge in [0.15, 0.2) is 5.78 Å². The van der Waals surface area contributed by atoms with Crippen LogP contribution in [0, 0.1) is 11.8 Å². The Balaban J connectivity index is 1.89. The minimum absolute atomic E-state index is 0.0239. The number of nitrogens with zero attached hydrogens (tertiary/aromatic N) is 1. The van der Waals surface area contributed by atoms with Gasteiger partial charge in [0.2, 0.25) is 5.91 Å². The molecule has 1 heterocycles. The van der Waals surface area contributed by atoms with Crippen LogP contribution in [0.5, 0.6) is 0 Å². The molecular formula is C36H47N3O7. The van der Waals surface area contributed by atoms with Crippen LogP contribution in [0.2, 0.25) is 0 Å². The first-order valence-corrected chi connectivity index (χ1v) is 15.8. The molecule has 2 amide bonds. The first kappa shape index (κ1) is 36.0. The lowest BCUT2D eigenvalue weighted by molar-refractivity contribution is -0.156. The zero-order valence-electron chi connectivity index (χ0n) is 27.9. The Morgan fingerprint density at radius 3 is 2.13 bits per heavy atom. The number of para-hydroxylation sites is 1. The van der Waals surface area contributed by atoms with Crippen molar-refractivity contribution in [3.8, 4) is 0 Å². The van der Waals surface area contributed by atoms with E-state index in [0.29, 0.717) is 6.42 Å². The van der Waals surface area contributed by atoms with Crippen LogP contribution in [-0.4, -0.2) is 51.8 Å². The lowest BCUT2D eigenvalue weighted by Gasteiger charge is -2.26. The fraction of sp³-hybridized carbons (Fsp3) is 0.472. The van der Waals surface area contributed by atoms with Crippen molar-refractivity contribution >= 4 is 40.4 Å². The number of rotatable bonds is 15. The monoisotopic (exact) mass is 633 g/mol. The average molecular weight is 634 g/mol. The van der Waals surface area contributed by atoms with Crippen molar-refractivity contribution in [1.29, 1.82) is 0 Å². The number of nitrogens with one attached hydrogen (secondary N) is 2. The summed E-state index contributed by atoms with van der Waals surface area (Å²) in [5.74, 6) is -2.38. The van der Waals surface area contributed by atoms with Crippen LogP contribution in [0.4, 0.5) is 4.79 Å². The molecule has 0 bridgehead atoms. The Morgan fingerprint density at radius 1 is 0.848 bits per heavy atom. The number of carbonyl (C=O) groups excluding carboxylic acids is 5. The summed E-state index contributed by atoms with van der Waals surface area (Å²) >= 11 is 0. The highest BCUT2D eigenvalue weighted by Gasteiger charge is 2.33. The summed E-state index contributed by atoms with van der Waals surface area (Å²) in [4.78, 5) is 66.1. The maximum absolute atomic E-state index is 13.9. The second-order valence-corrected chi connectivity index (χ2v) is 12.9. The van der Waals surface area contributed by atoms with Gasteiger partial charge in [-0.15, -0.1) is 0 Å². The molecule has 0 saturated carbocycles. The Kier molecular flexibility index (Phi) is 12.7. The summed E-state index contributed by atoms with van der Waals surface area (Å²) in [6, 6.07) is 14.3. The summed E-state index contributed by atoms with van der Waals surface area (Å²) < 4.78 is 12.7. The molecule has 0 spiro atoms. The van der Waals surface area contributed by atoms with Gasteiger partial charge < -0.3 is 24.7 Å². The normalized spacial score (nSPS) is 13.5. The van der Waals surface area contributed by atoms with Crippen LogP contribution in [-0.2, 0) is 48.7 Å². The molecule has 3 rings (SSSR count). The number of aryl methyl sites for hydroxylation is 1. The van der Waals surface area contributed by atoms with Crippen LogP contribution in [0.25, 0.3) is 10.9 Å². The minimum atomic E-state index is -1.39. The van der Waals surface area contributed by atoms with Gasteiger partial charge in [0.1, 0.15) is 24.0 Å². The molecule has 3 atom stereocenters. The Labute approximate surface area is 271 Å². The van der Waals surface area contributed by atoms with E-state index in [0.717, 1.165) is 22.0 Å². The third-order valence-corrected chi connectivity index (χ3v) is 7.71. The molecule has 2 aromatic carbocycles. The maximum Gasteiger partial charge on any atom is 0.408 e. The maximum atomic E-state index is 13.9. The minimum Gasteiger partial charge on any atom is -0.460 e. The number of ether oxygens (including phenoxy) is 2. The molecule has 10 nitrogen and oxygen atoms in total. The SMILES string of the molecule is CCC(=O)[C@@H](CC(=O)[C@H](Cc1cn(C)c2ccccc12)NC(=O)[C@H](CC(=O)OC(C)(C)C)NC(=O)OCc1ccccc1)C(C)C. The molecule has 46 heavy (non-hydrogen) atoms. The van der Waals surface area contributed by atoms with Crippen LogP contribution in [0.3, 0.4) is 0 Å². The van der Waals surface area contributed by atoms with Gasteiger partial charge in [0, 0.05) is 49.3 Å². The molecule has 0 saturated heterocycles. The Hall–Kier alpha value is -4.47. The van der Waals surface area contributed by atoms with Crippen LogP contribution in [0.1, 0.15) is 71.9 Å². The number of Topliss-reactive ketones (excluding diaryl/α,β-unsaturated/α-hetero) is 2. The first-order valence-electron chi connectivity index (χ1n) is 15.8. The standard InChI is InChI=1S/C36H47N3O7/c1-8-31(40)27(23(2)3)19-32(41)28(18-25-21-39(7)30-17-13-12-16-26(25)30)37-34(43)29(20-33(42)46-36(4,5)6)38-35(44)45-22-24-14-10-9-11-15-24/h9-17,21,23,27-29H,8,18-20,22H2,1-7H3,(H,37,43)(H,38,44)/t27-,28-,29-/m0/s1. The number of benzene rings is 2. The van der Waals surface area contributed by atoms with Gasteiger partial charge in [-0.2, -0.15) is 0 Å². The van der Waals surface area contributed by atoms with E-state index in [1.54, 1.807) is 52.0 Å². The average Bonchev–Trinajstić information content (AvgIpc) is 3.31. The molecule has 0 aliphatic heterocycles. The molecule has 0 aliphatic rings. The summed E-state index contributed by atoms with van der Waals surface area (Å²) in [5, 5.41) is 6.22. The van der Waals surface area contributed by atoms with Crippen molar-refractivity contribution in [1.82, 2.24) is 15.2 Å². The number of hydrogen-bond donors (Lipinski definition) is 2. The van der Waals surface area contributed by atoms with E-state index in [9.17, 15) is 24.0 Å². The topological polar surface area (TPSA) is 133 Å². The fourth-order valence-electron chi connectivity index (χ4n) is 5.33. The molecule has 0 unspecified atom stereocenters. The van der Waals surface area contributed by atoms with E-state index in [2.05, 4.69) is 10.6 Å². The van der Waals surface area contributed by atoms with Gasteiger partial charge in [-0.3, -0.25) is 19.2 Å². The third-order valence-electron chi connectivity index (χ3n) is 7.71. The number of carbonyl (C=O) groups is 5. The first-order chi connectivity index (χ1) is 21.7. The van der Waals surface area contributed by atoms with Gasteiger partial charge in [0.25, 0.3) is 0 Å². The highest BCUT2D eigenvalue weighted by atomic mass is 16.6. The van der Waals surface area contributed by atoms with Crippen molar-refractivity contribution < 1.29 is 33.4 Å². The number of ketones is 2. The number of hydrogen-bond acceptors (Lipinski definition) is 7. The largest absolute Gasteiger partial charge is 0.460 e. The van der Waals surface area contributed by atoms with E-state index >= 15 is 0 Å². The molecule has 0 radical (unpaired) electrons. The van der Waals surface area contributed by atoms with Gasteiger partial charge in [-0.1, -0.05) is 69.3 Å². The van der Waals surface area contributed by atoms with E-state index in [4.69, 9.17) is 9.47 Å². The molecule has 0 fully saturated rings. The highest BCUT2D eigenvalue weighted by Crippen LogP contribution is 2.24. The number of amides is 2. The van der Waals surface area contributed by atoms with Crippen molar-refractivity contribution in [3.05, 3.63) is 71.9 Å². The number of esters is 1. The molecule has 3 aromatic rings. The molecular weight excluding hydrogens is 586 g/mol. The van der Waals surface area contributed by atoms with E-state index in [-0.39, 0.29) is 36.9 Å². The summed E-state index contributed by atoms with van der Waals surface area (Å²) in [6.45, 7) is 10.6. The highest BCUT2D eigenvalue weighted by molar-refractivity contribution is 5.96. The quantitative estimate of drug-likeness (QED) is 0.213. The smallest absolute Gasteiger partial charge is 0.408 e. The van der Waals surface area contributed by atoms with Crippen molar-refractivity contribution in [2.75, 3.05) is 0 Å². The van der Waals surface area contributed by atoms with Gasteiger partial charge in [-0.25, -0.2) is 4.79 Å². The number of fused-ring (bicyclic) bond motifs is 1. The lowest BCUT2D eigenvalue weighted by atomic mass is 9.84. The van der Waals surface area contributed by atoms with Crippen molar-refractivity contribution in [3.63, 3.8) is 0 Å². The van der Waals surface area contributed by atoms with E-state index in [1.165, 1.54) is 0 Å².